The van der Waals surface area contributed by atoms with Gasteiger partial charge in [0.05, 0.1) is 5.02 Å². The molecule has 20 heavy (non-hydrogen) atoms. The van der Waals surface area contributed by atoms with Crippen molar-refractivity contribution in [3.05, 3.63) is 34.1 Å². The molecule has 4 heteroatoms. The van der Waals surface area contributed by atoms with E-state index in [2.05, 4.69) is 16.8 Å². The Bertz CT molecular complexity index is 474. The fourth-order valence-electron chi connectivity index (χ4n) is 2.55. The van der Waals surface area contributed by atoms with Gasteiger partial charge in [0.1, 0.15) is 5.82 Å². The van der Waals surface area contributed by atoms with E-state index in [0.717, 1.165) is 38.3 Å². The molecule has 0 N–H and O–H groups in total. The van der Waals surface area contributed by atoms with E-state index < -0.39 is 0 Å². The first kappa shape index (κ1) is 15.7. The maximum absolute atomic E-state index is 14.2. The Balaban J connectivity index is 2.18. The van der Waals surface area contributed by atoms with Gasteiger partial charge in [0, 0.05) is 32.7 Å². The Hall–Kier alpha value is -0.640. The Morgan fingerprint density at radius 2 is 1.75 bits per heavy atom. The van der Waals surface area contributed by atoms with Crippen molar-refractivity contribution in [2.75, 3.05) is 33.2 Å². The van der Waals surface area contributed by atoms with Crippen LogP contribution in [-0.2, 0) is 12.0 Å². The van der Waals surface area contributed by atoms with Gasteiger partial charge in [-0.2, -0.15) is 0 Å². The average Bonchev–Trinajstić information content (AvgIpc) is 2.35. The van der Waals surface area contributed by atoms with E-state index in [4.69, 9.17) is 11.6 Å². The molecular weight excluding hydrogens is 275 g/mol. The first-order chi connectivity index (χ1) is 9.27. The molecule has 1 aromatic carbocycles. The van der Waals surface area contributed by atoms with Crippen molar-refractivity contribution >= 4 is 11.6 Å². The molecule has 1 aliphatic rings. The summed E-state index contributed by atoms with van der Waals surface area (Å²) in [5.41, 5.74) is 1.58. The van der Waals surface area contributed by atoms with Gasteiger partial charge in [-0.25, -0.2) is 4.39 Å². The monoisotopic (exact) mass is 298 g/mol. The Morgan fingerprint density at radius 1 is 1.15 bits per heavy atom. The molecule has 1 fully saturated rings. The van der Waals surface area contributed by atoms with Crippen molar-refractivity contribution in [2.45, 2.75) is 32.7 Å². The van der Waals surface area contributed by atoms with E-state index >= 15 is 0 Å². The van der Waals surface area contributed by atoms with Crippen LogP contribution in [0.15, 0.2) is 12.1 Å². The molecule has 0 atom stereocenters. The molecule has 2 nitrogen and oxygen atoms in total. The third kappa shape index (κ3) is 3.72. The fraction of sp³-hybridized carbons (Fsp3) is 0.625. The summed E-state index contributed by atoms with van der Waals surface area (Å²) in [5, 5.41) is 0.238. The van der Waals surface area contributed by atoms with Crippen LogP contribution in [-0.4, -0.2) is 43.0 Å². The molecule has 0 amide bonds. The van der Waals surface area contributed by atoms with Crippen LogP contribution in [0, 0.1) is 5.82 Å². The third-order valence-corrected chi connectivity index (χ3v) is 4.17. The van der Waals surface area contributed by atoms with Gasteiger partial charge in [-0.05, 0) is 29.7 Å². The number of hydrogen-bond acceptors (Lipinski definition) is 2. The highest BCUT2D eigenvalue weighted by Crippen LogP contribution is 2.31. The van der Waals surface area contributed by atoms with E-state index in [-0.39, 0.29) is 16.3 Å². The summed E-state index contributed by atoms with van der Waals surface area (Å²) in [6.07, 6.45) is 0. The van der Waals surface area contributed by atoms with Crippen molar-refractivity contribution in [3.63, 3.8) is 0 Å². The standard InChI is InChI=1S/C16H24ClFN2/c1-16(2,3)13-9-12(10-14(17)15(13)18)11-20-7-5-19(4)6-8-20/h9-10H,5-8,11H2,1-4H3. The van der Waals surface area contributed by atoms with Gasteiger partial charge in [-0.1, -0.05) is 38.4 Å². The minimum absolute atomic E-state index is 0.230. The molecule has 0 unspecified atom stereocenters. The number of likely N-dealkylation sites (N-methyl/N-ethyl adjacent to an activating group) is 1. The van der Waals surface area contributed by atoms with Crippen molar-refractivity contribution in [1.82, 2.24) is 9.80 Å². The van der Waals surface area contributed by atoms with Crippen LogP contribution in [0.4, 0.5) is 4.39 Å². The summed E-state index contributed by atoms with van der Waals surface area (Å²) in [6, 6.07) is 3.74. The van der Waals surface area contributed by atoms with Gasteiger partial charge >= 0.3 is 0 Å². The lowest BCUT2D eigenvalue weighted by molar-refractivity contribution is 0.148. The minimum atomic E-state index is -0.277. The highest BCUT2D eigenvalue weighted by molar-refractivity contribution is 6.30. The van der Waals surface area contributed by atoms with E-state index in [9.17, 15) is 4.39 Å². The van der Waals surface area contributed by atoms with Crippen LogP contribution >= 0.6 is 11.6 Å². The van der Waals surface area contributed by atoms with E-state index in [1.54, 1.807) is 6.07 Å². The summed E-state index contributed by atoms with van der Waals surface area (Å²) in [4.78, 5) is 4.73. The fourth-order valence-corrected chi connectivity index (χ4v) is 2.79. The zero-order chi connectivity index (χ0) is 14.9. The summed E-state index contributed by atoms with van der Waals surface area (Å²) >= 11 is 6.06. The Kier molecular flexibility index (Phi) is 4.73. The Morgan fingerprint density at radius 3 is 2.30 bits per heavy atom. The topological polar surface area (TPSA) is 6.48 Å². The zero-order valence-electron chi connectivity index (χ0n) is 12.8. The molecule has 112 valence electrons. The van der Waals surface area contributed by atoms with Crippen molar-refractivity contribution in [3.8, 4) is 0 Å². The average molecular weight is 299 g/mol. The van der Waals surface area contributed by atoms with Crippen LogP contribution in [0.2, 0.25) is 5.02 Å². The molecule has 2 rings (SSSR count). The van der Waals surface area contributed by atoms with Crippen molar-refractivity contribution in [2.24, 2.45) is 0 Å². The summed E-state index contributed by atoms with van der Waals surface area (Å²) < 4.78 is 14.2. The minimum Gasteiger partial charge on any atom is -0.304 e. The third-order valence-electron chi connectivity index (χ3n) is 3.90. The summed E-state index contributed by atoms with van der Waals surface area (Å²) in [7, 11) is 2.14. The second-order valence-corrected chi connectivity index (χ2v) is 7.18. The van der Waals surface area contributed by atoms with Crippen molar-refractivity contribution in [1.29, 1.82) is 0 Å². The maximum atomic E-state index is 14.2. The largest absolute Gasteiger partial charge is 0.304 e. The Labute approximate surface area is 126 Å². The van der Waals surface area contributed by atoms with E-state index in [1.165, 1.54) is 0 Å². The predicted octanol–water partition coefficient (Wildman–Crippen LogP) is 3.52. The summed E-state index contributed by atoms with van der Waals surface area (Å²) in [5.74, 6) is -0.277. The predicted molar refractivity (Wildman–Crippen MR) is 82.9 cm³/mol. The number of hydrogen-bond donors (Lipinski definition) is 0. The maximum Gasteiger partial charge on any atom is 0.145 e. The molecule has 0 aliphatic carbocycles. The van der Waals surface area contributed by atoms with Gasteiger partial charge in [-0.15, -0.1) is 0 Å². The quantitative estimate of drug-likeness (QED) is 0.824. The molecule has 0 bridgehead atoms. The van der Waals surface area contributed by atoms with Crippen LogP contribution in [0.25, 0.3) is 0 Å². The number of rotatable bonds is 2. The number of piperazine rings is 1. The van der Waals surface area contributed by atoms with Gasteiger partial charge in [0.25, 0.3) is 0 Å². The molecule has 1 heterocycles. The van der Waals surface area contributed by atoms with Crippen LogP contribution in [0.5, 0.6) is 0 Å². The van der Waals surface area contributed by atoms with Gasteiger partial charge in [0.15, 0.2) is 0 Å². The lowest BCUT2D eigenvalue weighted by Gasteiger charge is -2.32. The SMILES string of the molecule is CN1CCN(Cc2cc(Cl)c(F)c(C(C)(C)C)c2)CC1. The van der Waals surface area contributed by atoms with E-state index in [1.807, 2.05) is 26.8 Å². The first-order valence-electron chi connectivity index (χ1n) is 7.16. The molecule has 1 saturated heterocycles. The molecule has 0 spiro atoms. The number of benzene rings is 1. The second-order valence-electron chi connectivity index (χ2n) is 6.77. The lowest BCUT2D eigenvalue weighted by atomic mass is 9.85. The molecule has 0 aromatic heterocycles. The highest BCUT2D eigenvalue weighted by Gasteiger charge is 2.22. The first-order valence-corrected chi connectivity index (χ1v) is 7.54. The second kappa shape index (κ2) is 6.00. The zero-order valence-corrected chi connectivity index (χ0v) is 13.6. The molecular formula is C16H24ClFN2. The lowest BCUT2D eigenvalue weighted by Crippen LogP contribution is -2.43. The van der Waals surface area contributed by atoms with Gasteiger partial charge in [0.2, 0.25) is 0 Å². The van der Waals surface area contributed by atoms with Gasteiger partial charge in [-0.3, -0.25) is 4.90 Å². The van der Waals surface area contributed by atoms with Crippen LogP contribution in [0.3, 0.4) is 0 Å². The summed E-state index contributed by atoms with van der Waals surface area (Å²) in [6.45, 7) is 11.2. The smallest absolute Gasteiger partial charge is 0.145 e. The molecule has 0 radical (unpaired) electrons. The molecule has 1 aliphatic heterocycles. The number of halogens is 2. The highest BCUT2D eigenvalue weighted by atomic mass is 35.5. The van der Waals surface area contributed by atoms with Crippen LogP contribution < -0.4 is 0 Å². The van der Waals surface area contributed by atoms with Crippen LogP contribution in [0.1, 0.15) is 31.9 Å². The van der Waals surface area contributed by atoms with Crippen molar-refractivity contribution < 1.29 is 4.39 Å². The normalized spacial score (nSPS) is 18.5. The van der Waals surface area contributed by atoms with Gasteiger partial charge < -0.3 is 4.90 Å². The molecule has 1 aromatic rings. The number of nitrogens with zero attached hydrogens (tertiary/aromatic N) is 2. The molecule has 0 saturated carbocycles. The van der Waals surface area contributed by atoms with E-state index in [0.29, 0.717) is 5.56 Å².